The number of sulfonamides is 1. The Bertz CT molecular complexity index is 669. The Kier molecular flexibility index (Phi) is 4.39. The first-order valence-corrected chi connectivity index (χ1v) is 8.53. The summed E-state index contributed by atoms with van der Waals surface area (Å²) in [5, 5.41) is 0.503. The van der Waals surface area contributed by atoms with Gasteiger partial charge in [-0.3, -0.25) is 4.72 Å². The molecule has 0 saturated carbocycles. The molecule has 0 amide bonds. The second kappa shape index (κ2) is 5.86. The highest BCUT2D eigenvalue weighted by molar-refractivity contribution is 7.99. The van der Waals surface area contributed by atoms with Crippen LogP contribution in [0, 0.1) is 0 Å². The Balaban J connectivity index is 2.34. The number of hydrogen-bond donors (Lipinski definition) is 1. The quantitative estimate of drug-likeness (QED) is 0.872. The molecule has 1 N–H and O–H groups in total. The second-order valence-corrected chi connectivity index (χ2v) is 6.73. The molecule has 0 aromatic heterocycles. The average Bonchev–Trinajstić information content (AvgIpc) is 2.39. The van der Waals surface area contributed by atoms with Crippen molar-refractivity contribution in [1.82, 2.24) is 0 Å². The van der Waals surface area contributed by atoms with Gasteiger partial charge in [-0.1, -0.05) is 23.7 Å². The predicted molar refractivity (Wildman–Crippen MR) is 80.5 cm³/mol. The topological polar surface area (TPSA) is 46.2 Å². The first-order chi connectivity index (χ1) is 9.03. The Hall–Kier alpha value is -1.17. The number of thioether (sulfide) groups is 1. The van der Waals surface area contributed by atoms with Gasteiger partial charge in [0, 0.05) is 9.92 Å². The summed E-state index contributed by atoms with van der Waals surface area (Å²) in [7, 11) is -3.58. The lowest BCUT2D eigenvalue weighted by atomic mass is 10.3. The summed E-state index contributed by atoms with van der Waals surface area (Å²) < 4.78 is 27.0. The fourth-order valence-electron chi connectivity index (χ4n) is 1.55. The summed E-state index contributed by atoms with van der Waals surface area (Å²) in [5.41, 5.74) is 0.574. The molecular weight excluding hydrogens is 302 g/mol. The van der Waals surface area contributed by atoms with Gasteiger partial charge in [0.1, 0.15) is 0 Å². The minimum Gasteiger partial charge on any atom is -0.278 e. The van der Waals surface area contributed by atoms with Gasteiger partial charge < -0.3 is 0 Å². The van der Waals surface area contributed by atoms with Crippen LogP contribution in [0.15, 0.2) is 58.3 Å². The van der Waals surface area contributed by atoms with Crippen LogP contribution in [-0.4, -0.2) is 14.7 Å². The highest BCUT2D eigenvalue weighted by Crippen LogP contribution is 2.27. The van der Waals surface area contributed by atoms with Gasteiger partial charge in [0.15, 0.2) is 0 Å². The van der Waals surface area contributed by atoms with Crippen LogP contribution < -0.4 is 4.72 Å². The van der Waals surface area contributed by atoms with E-state index in [1.54, 1.807) is 24.3 Å². The third-order valence-corrected chi connectivity index (χ3v) is 4.90. The van der Waals surface area contributed by atoms with E-state index in [0.29, 0.717) is 10.7 Å². The van der Waals surface area contributed by atoms with E-state index in [1.807, 2.05) is 18.4 Å². The number of anilines is 1. The molecule has 2 aromatic carbocycles. The maximum atomic E-state index is 12.2. The average molecular weight is 314 g/mol. The summed E-state index contributed by atoms with van der Waals surface area (Å²) in [5.74, 6) is 0. The maximum Gasteiger partial charge on any atom is 0.261 e. The maximum absolute atomic E-state index is 12.2. The Morgan fingerprint density at radius 1 is 1.05 bits per heavy atom. The molecule has 0 aliphatic heterocycles. The van der Waals surface area contributed by atoms with E-state index in [0.717, 1.165) is 4.90 Å². The van der Waals surface area contributed by atoms with Crippen molar-refractivity contribution in [2.75, 3.05) is 11.0 Å². The van der Waals surface area contributed by atoms with Gasteiger partial charge in [-0.25, -0.2) is 8.42 Å². The summed E-state index contributed by atoms with van der Waals surface area (Å²) >= 11 is 7.24. The fourth-order valence-corrected chi connectivity index (χ4v) is 3.37. The summed E-state index contributed by atoms with van der Waals surface area (Å²) in [4.78, 5) is 1.06. The number of para-hydroxylation sites is 1. The van der Waals surface area contributed by atoms with E-state index < -0.39 is 10.0 Å². The van der Waals surface area contributed by atoms with Crippen molar-refractivity contribution in [2.24, 2.45) is 0 Å². The standard InChI is InChI=1S/C13H12ClNO2S2/c1-18-13-5-3-2-4-12(13)15-19(16,17)11-8-6-10(14)7-9-11/h2-9,15H,1H3. The molecule has 0 aliphatic carbocycles. The minimum atomic E-state index is -3.58. The van der Waals surface area contributed by atoms with E-state index in [2.05, 4.69) is 4.72 Å². The molecule has 6 heteroatoms. The van der Waals surface area contributed by atoms with Crippen LogP contribution in [0.25, 0.3) is 0 Å². The van der Waals surface area contributed by atoms with Gasteiger partial charge in [0.2, 0.25) is 0 Å². The number of rotatable bonds is 4. The first kappa shape index (κ1) is 14.2. The molecule has 0 unspecified atom stereocenters. The molecule has 0 bridgehead atoms. The molecule has 0 spiro atoms. The molecule has 0 aliphatic rings. The molecule has 0 radical (unpaired) electrons. The van der Waals surface area contributed by atoms with E-state index in [1.165, 1.54) is 23.9 Å². The first-order valence-electron chi connectivity index (χ1n) is 5.44. The van der Waals surface area contributed by atoms with Crippen molar-refractivity contribution < 1.29 is 8.42 Å². The van der Waals surface area contributed by atoms with Gasteiger partial charge in [-0.05, 0) is 42.7 Å². The van der Waals surface area contributed by atoms with Crippen molar-refractivity contribution in [3.05, 3.63) is 53.6 Å². The zero-order valence-corrected chi connectivity index (χ0v) is 12.5. The number of benzene rings is 2. The predicted octanol–water partition coefficient (Wildman–Crippen LogP) is 3.86. The molecule has 0 saturated heterocycles. The molecular formula is C13H12ClNO2S2. The lowest BCUT2D eigenvalue weighted by Crippen LogP contribution is -2.13. The normalized spacial score (nSPS) is 11.3. The van der Waals surface area contributed by atoms with Crippen LogP contribution in [0.4, 0.5) is 5.69 Å². The van der Waals surface area contributed by atoms with Gasteiger partial charge in [0.05, 0.1) is 10.6 Å². The molecule has 0 heterocycles. The number of halogens is 1. The highest BCUT2D eigenvalue weighted by Gasteiger charge is 2.15. The van der Waals surface area contributed by atoms with Gasteiger partial charge in [0.25, 0.3) is 10.0 Å². The lowest BCUT2D eigenvalue weighted by Gasteiger charge is -2.11. The molecule has 2 aromatic rings. The van der Waals surface area contributed by atoms with Crippen molar-refractivity contribution in [3.8, 4) is 0 Å². The zero-order valence-electron chi connectivity index (χ0n) is 10.1. The van der Waals surface area contributed by atoms with Crippen LogP contribution in [0.2, 0.25) is 5.02 Å². The monoisotopic (exact) mass is 313 g/mol. The fraction of sp³-hybridized carbons (Fsp3) is 0.0769. The lowest BCUT2D eigenvalue weighted by molar-refractivity contribution is 0.601. The van der Waals surface area contributed by atoms with Crippen LogP contribution >= 0.6 is 23.4 Å². The van der Waals surface area contributed by atoms with Crippen LogP contribution in [-0.2, 0) is 10.0 Å². The molecule has 19 heavy (non-hydrogen) atoms. The minimum absolute atomic E-state index is 0.188. The van der Waals surface area contributed by atoms with E-state index in [-0.39, 0.29) is 4.90 Å². The largest absolute Gasteiger partial charge is 0.278 e. The van der Waals surface area contributed by atoms with E-state index >= 15 is 0 Å². The van der Waals surface area contributed by atoms with Crippen molar-refractivity contribution in [3.63, 3.8) is 0 Å². The SMILES string of the molecule is CSc1ccccc1NS(=O)(=O)c1ccc(Cl)cc1. The Labute approximate surface area is 122 Å². The number of hydrogen-bond acceptors (Lipinski definition) is 3. The zero-order chi connectivity index (χ0) is 13.9. The highest BCUT2D eigenvalue weighted by atomic mass is 35.5. The van der Waals surface area contributed by atoms with Gasteiger partial charge >= 0.3 is 0 Å². The summed E-state index contributed by atoms with van der Waals surface area (Å²) in [6.45, 7) is 0. The molecule has 100 valence electrons. The summed E-state index contributed by atoms with van der Waals surface area (Å²) in [6.07, 6.45) is 1.90. The van der Waals surface area contributed by atoms with E-state index in [9.17, 15) is 8.42 Å². The second-order valence-electron chi connectivity index (χ2n) is 3.76. The van der Waals surface area contributed by atoms with Crippen LogP contribution in [0.3, 0.4) is 0 Å². The third kappa shape index (κ3) is 3.43. The molecule has 2 rings (SSSR count). The van der Waals surface area contributed by atoms with Crippen molar-refractivity contribution in [1.29, 1.82) is 0 Å². The van der Waals surface area contributed by atoms with Crippen molar-refractivity contribution in [2.45, 2.75) is 9.79 Å². The summed E-state index contributed by atoms with van der Waals surface area (Å²) in [6, 6.07) is 13.3. The Morgan fingerprint density at radius 3 is 2.32 bits per heavy atom. The van der Waals surface area contributed by atoms with Gasteiger partial charge in [-0.15, -0.1) is 11.8 Å². The third-order valence-electron chi connectivity index (χ3n) is 2.48. The molecule has 0 atom stereocenters. The van der Waals surface area contributed by atoms with E-state index in [4.69, 9.17) is 11.6 Å². The van der Waals surface area contributed by atoms with Crippen molar-refractivity contribution >= 4 is 39.1 Å². The number of nitrogens with one attached hydrogen (secondary N) is 1. The van der Waals surface area contributed by atoms with Crippen LogP contribution in [0.5, 0.6) is 0 Å². The molecule has 3 nitrogen and oxygen atoms in total. The molecule has 0 fully saturated rings. The van der Waals surface area contributed by atoms with Gasteiger partial charge in [-0.2, -0.15) is 0 Å². The van der Waals surface area contributed by atoms with Crippen LogP contribution in [0.1, 0.15) is 0 Å². The smallest absolute Gasteiger partial charge is 0.261 e. The Morgan fingerprint density at radius 2 is 1.68 bits per heavy atom.